The highest BCUT2D eigenvalue weighted by Crippen LogP contribution is 2.23. The van der Waals surface area contributed by atoms with E-state index in [0.29, 0.717) is 13.0 Å². The molecule has 0 aliphatic rings. The van der Waals surface area contributed by atoms with Crippen LogP contribution in [-0.4, -0.2) is 29.5 Å². The second-order valence-corrected chi connectivity index (χ2v) is 4.50. The molecule has 1 aromatic carbocycles. The number of pyridine rings is 1. The lowest BCUT2D eigenvalue weighted by atomic mass is 10.1. The summed E-state index contributed by atoms with van der Waals surface area (Å²) in [6.07, 6.45) is 1.96. The molecular formula is C15H15N3O4. The normalized spacial score (nSPS) is 10.0. The van der Waals surface area contributed by atoms with E-state index in [0.717, 1.165) is 11.6 Å². The average molecular weight is 301 g/mol. The predicted molar refractivity (Wildman–Crippen MR) is 80.9 cm³/mol. The van der Waals surface area contributed by atoms with Crippen LogP contribution >= 0.6 is 0 Å². The first kappa shape index (κ1) is 15.4. The molecule has 1 aromatic heterocycles. The van der Waals surface area contributed by atoms with Crippen molar-refractivity contribution in [3.63, 3.8) is 0 Å². The third kappa shape index (κ3) is 3.78. The van der Waals surface area contributed by atoms with Gasteiger partial charge in [-0.05, 0) is 12.0 Å². The van der Waals surface area contributed by atoms with Crippen molar-refractivity contribution in [2.45, 2.75) is 6.42 Å². The Bertz CT molecular complexity index is 674. The molecule has 2 aromatic rings. The molecule has 0 saturated heterocycles. The van der Waals surface area contributed by atoms with Crippen molar-refractivity contribution in [1.29, 1.82) is 0 Å². The summed E-state index contributed by atoms with van der Waals surface area (Å²) in [5.41, 5.74) is 0.905. The number of rotatable bonds is 6. The van der Waals surface area contributed by atoms with E-state index in [4.69, 9.17) is 0 Å². The van der Waals surface area contributed by atoms with Gasteiger partial charge in [0.05, 0.1) is 17.6 Å². The number of hydrogen-bond donors (Lipinski definition) is 1. The molecule has 0 unspecified atom stereocenters. The zero-order valence-corrected chi connectivity index (χ0v) is 12.0. The van der Waals surface area contributed by atoms with Gasteiger partial charge in [0.2, 0.25) is 5.82 Å². The molecule has 0 saturated carbocycles. The molecule has 22 heavy (non-hydrogen) atoms. The second kappa shape index (κ2) is 7.16. The van der Waals surface area contributed by atoms with Gasteiger partial charge in [-0.25, -0.2) is 9.78 Å². The third-order valence-corrected chi connectivity index (χ3v) is 3.03. The maximum atomic E-state index is 11.4. The number of aromatic nitrogens is 1. The topological polar surface area (TPSA) is 94.4 Å². The highest BCUT2D eigenvalue weighted by molar-refractivity contribution is 5.90. The van der Waals surface area contributed by atoms with Crippen LogP contribution in [0.2, 0.25) is 0 Å². The van der Waals surface area contributed by atoms with Gasteiger partial charge in [-0.1, -0.05) is 30.3 Å². The van der Waals surface area contributed by atoms with E-state index in [-0.39, 0.29) is 17.1 Å². The van der Waals surface area contributed by atoms with Gasteiger partial charge in [0.25, 0.3) is 0 Å². The van der Waals surface area contributed by atoms with Gasteiger partial charge in [-0.15, -0.1) is 0 Å². The molecule has 2 rings (SSSR count). The average Bonchev–Trinajstić information content (AvgIpc) is 2.55. The number of methoxy groups -OCH3 is 1. The van der Waals surface area contributed by atoms with Crippen molar-refractivity contribution >= 4 is 17.5 Å². The van der Waals surface area contributed by atoms with Gasteiger partial charge in [-0.2, -0.15) is 0 Å². The van der Waals surface area contributed by atoms with Gasteiger partial charge < -0.3 is 10.1 Å². The molecule has 1 heterocycles. The van der Waals surface area contributed by atoms with E-state index in [2.05, 4.69) is 15.0 Å². The Labute approximate surface area is 127 Å². The van der Waals surface area contributed by atoms with Crippen LogP contribution in [0, 0.1) is 10.1 Å². The number of ether oxygens (including phenoxy) is 1. The summed E-state index contributed by atoms with van der Waals surface area (Å²) < 4.78 is 4.53. The Kier molecular flexibility index (Phi) is 5.02. The van der Waals surface area contributed by atoms with E-state index in [1.165, 1.54) is 13.3 Å². The Balaban J connectivity index is 2.09. The molecular weight excluding hydrogens is 286 g/mol. The highest BCUT2D eigenvalue weighted by Gasteiger charge is 2.19. The SMILES string of the molecule is COC(=O)c1cnc(NCCc2ccccc2)c([N+](=O)[O-])c1. The molecule has 114 valence electrons. The lowest BCUT2D eigenvalue weighted by Crippen LogP contribution is -2.10. The van der Waals surface area contributed by atoms with Gasteiger partial charge in [0, 0.05) is 18.8 Å². The van der Waals surface area contributed by atoms with Crippen LogP contribution in [-0.2, 0) is 11.2 Å². The number of anilines is 1. The van der Waals surface area contributed by atoms with Gasteiger partial charge in [0.1, 0.15) is 0 Å². The fraction of sp³-hybridized carbons (Fsp3) is 0.200. The number of nitrogens with zero attached hydrogens (tertiary/aromatic N) is 2. The van der Waals surface area contributed by atoms with Crippen molar-refractivity contribution in [2.24, 2.45) is 0 Å². The summed E-state index contributed by atoms with van der Waals surface area (Å²) >= 11 is 0. The third-order valence-electron chi connectivity index (χ3n) is 3.03. The fourth-order valence-electron chi connectivity index (χ4n) is 1.93. The number of nitrogens with one attached hydrogen (secondary N) is 1. The molecule has 0 spiro atoms. The molecule has 0 atom stereocenters. The van der Waals surface area contributed by atoms with Crippen LogP contribution in [0.3, 0.4) is 0 Å². The second-order valence-electron chi connectivity index (χ2n) is 4.50. The van der Waals surface area contributed by atoms with Crippen molar-refractivity contribution in [3.05, 3.63) is 63.8 Å². The first-order chi connectivity index (χ1) is 10.6. The van der Waals surface area contributed by atoms with E-state index >= 15 is 0 Å². The molecule has 0 amide bonds. The largest absolute Gasteiger partial charge is 0.465 e. The molecule has 7 nitrogen and oxygen atoms in total. The first-order valence-electron chi connectivity index (χ1n) is 6.62. The van der Waals surface area contributed by atoms with Crippen molar-refractivity contribution in [3.8, 4) is 0 Å². The van der Waals surface area contributed by atoms with Crippen LogP contribution < -0.4 is 5.32 Å². The number of esters is 1. The molecule has 7 heteroatoms. The summed E-state index contributed by atoms with van der Waals surface area (Å²) in [4.78, 5) is 25.9. The number of nitro groups is 1. The zero-order valence-electron chi connectivity index (χ0n) is 12.0. The van der Waals surface area contributed by atoms with Crippen molar-refractivity contribution < 1.29 is 14.5 Å². The predicted octanol–water partition coefficient (Wildman–Crippen LogP) is 2.43. The Morgan fingerprint density at radius 3 is 2.73 bits per heavy atom. The zero-order chi connectivity index (χ0) is 15.9. The van der Waals surface area contributed by atoms with Crippen LogP contribution in [0.4, 0.5) is 11.5 Å². The fourth-order valence-corrected chi connectivity index (χ4v) is 1.93. The van der Waals surface area contributed by atoms with Crippen LogP contribution in [0.15, 0.2) is 42.6 Å². The minimum absolute atomic E-state index is 0.0443. The minimum atomic E-state index is -0.661. The summed E-state index contributed by atoms with van der Waals surface area (Å²) in [6, 6.07) is 10.9. The van der Waals surface area contributed by atoms with Gasteiger partial charge in [-0.3, -0.25) is 10.1 Å². The molecule has 1 N–H and O–H groups in total. The number of carbonyl (C=O) groups is 1. The van der Waals surface area contributed by atoms with E-state index in [9.17, 15) is 14.9 Å². The summed E-state index contributed by atoms with van der Waals surface area (Å²) in [7, 11) is 1.21. The number of hydrogen-bond acceptors (Lipinski definition) is 6. The smallest absolute Gasteiger partial charge is 0.339 e. The van der Waals surface area contributed by atoms with Crippen molar-refractivity contribution in [1.82, 2.24) is 4.98 Å². The number of carbonyl (C=O) groups excluding carboxylic acids is 1. The Hall–Kier alpha value is -2.96. The van der Waals surface area contributed by atoms with E-state index < -0.39 is 10.9 Å². The van der Waals surface area contributed by atoms with Gasteiger partial charge in [0.15, 0.2) is 0 Å². The lowest BCUT2D eigenvalue weighted by molar-refractivity contribution is -0.384. The molecule has 0 aliphatic heterocycles. The maximum absolute atomic E-state index is 11.4. The quantitative estimate of drug-likeness (QED) is 0.500. The van der Waals surface area contributed by atoms with Crippen LogP contribution in [0.25, 0.3) is 0 Å². The van der Waals surface area contributed by atoms with E-state index in [1.54, 1.807) is 0 Å². The van der Waals surface area contributed by atoms with Crippen LogP contribution in [0.5, 0.6) is 0 Å². The molecule has 0 bridgehead atoms. The first-order valence-corrected chi connectivity index (χ1v) is 6.62. The molecule has 0 aliphatic carbocycles. The summed E-state index contributed by atoms with van der Waals surface area (Å²) in [5, 5.41) is 14.0. The minimum Gasteiger partial charge on any atom is -0.465 e. The van der Waals surface area contributed by atoms with Gasteiger partial charge >= 0.3 is 11.7 Å². The van der Waals surface area contributed by atoms with E-state index in [1.807, 2.05) is 30.3 Å². The Morgan fingerprint density at radius 2 is 2.09 bits per heavy atom. The maximum Gasteiger partial charge on any atom is 0.339 e. The van der Waals surface area contributed by atoms with Crippen LogP contribution in [0.1, 0.15) is 15.9 Å². The van der Waals surface area contributed by atoms with Crippen molar-refractivity contribution in [2.75, 3.05) is 19.0 Å². The highest BCUT2D eigenvalue weighted by atomic mass is 16.6. The Morgan fingerprint density at radius 1 is 1.36 bits per heavy atom. The lowest BCUT2D eigenvalue weighted by Gasteiger charge is -2.07. The standard InChI is InChI=1S/C15H15N3O4/c1-22-15(19)12-9-13(18(20)21)14(17-10-12)16-8-7-11-5-3-2-4-6-11/h2-6,9-10H,7-8H2,1H3,(H,16,17). The monoisotopic (exact) mass is 301 g/mol. The summed E-state index contributed by atoms with van der Waals surface area (Å²) in [6.45, 7) is 0.495. The number of benzene rings is 1. The molecule has 0 fully saturated rings. The summed E-state index contributed by atoms with van der Waals surface area (Å²) in [5.74, 6) is -0.528. The molecule has 0 radical (unpaired) electrons.